The number of pyridine rings is 1. The lowest BCUT2D eigenvalue weighted by atomic mass is 10.3. The maximum Gasteiger partial charge on any atom is 0.0541 e. The molecule has 0 bridgehead atoms. The second kappa shape index (κ2) is 5.81. The van der Waals surface area contributed by atoms with Gasteiger partial charge in [0.2, 0.25) is 0 Å². The molecule has 98 valence electrons. The van der Waals surface area contributed by atoms with Crippen LogP contribution in [-0.4, -0.2) is 35.6 Å². The summed E-state index contributed by atoms with van der Waals surface area (Å²) in [5.74, 6) is 1.02. The number of hydrogen-bond acceptors (Lipinski definition) is 3. The van der Waals surface area contributed by atoms with Crippen LogP contribution >= 0.6 is 0 Å². The van der Waals surface area contributed by atoms with Gasteiger partial charge in [-0.2, -0.15) is 0 Å². The van der Waals surface area contributed by atoms with E-state index >= 15 is 0 Å². The summed E-state index contributed by atoms with van der Waals surface area (Å²) in [6, 6.07) is 7.00. The third-order valence-corrected chi connectivity index (χ3v) is 3.86. The molecular formula is C15H23N3. The van der Waals surface area contributed by atoms with Crippen LogP contribution < -0.4 is 5.32 Å². The number of nitrogens with one attached hydrogen (secondary N) is 1. The van der Waals surface area contributed by atoms with Gasteiger partial charge in [0.25, 0.3) is 0 Å². The zero-order chi connectivity index (χ0) is 12.2. The fourth-order valence-electron chi connectivity index (χ4n) is 2.44. The minimum absolute atomic E-state index is 0.892. The molecule has 1 aromatic rings. The molecule has 3 heteroatoms. The van der Waals surface area contributed by atoms with Crippen LogP contribution in [0.5, 0.6) is 0 Å². The third kappa shape index (κ3) is 3.79. The van der Waals surface area contributed by atoms with E-state index in [4.69, 9.17) is 0 Å². The maximum atomic E-state index is 4.33. The van der Waals surface area contributed by atoms with Gasteiger partial charge in [-0.05, 0) is 43.7 Å². The molecule has 0 aromatic carbocycles. The van der Waals surface area contributed by atoms with Gasteiger partial charge in [-0.1, -0.05) is 6.07 Å². The zero-order valence-electron chi connectivity index (χ0n) is 11.0. The number of aromatic nitrogens is 1. The number of nitrogens with zero attached hydrogens (tertiary/aromatic N) is 2. The van der Waals surface area contributed by atoms with E-state index in [-0.39, 0.29) is 0 Å². The van der Waals surface area contributed by atoms with Crippen molar-refractivity contribution in [3.63, 3.8) is 0 Å². The minimum Gasteiger partial charge on any atom is -0.310 e. The Kier molecular flexibility index (Phi) is 3.91. The van der Waals surface area contributed by atoms with E-state index < -0.39 is 0 Å². The second-order valence-corrected chi connectivity index (χ2v) is 5.67. The highest BCUT2D eigenvalue weighted by atomic mass is 15.2. The van der Waals surface area contributed by atoms with Crippen molar-refractivity contribution in [1.82, 2.24) is 15.2 Å². The zero-order valence-corrected chi connectivity index (χ0v) is 11.0. The number of rotatable bonds is 8. The average molecular weight is 245 g/mol. The molecule has 1 aromatic heterocycles. The summed E-state index contributed by atoms with van der Waals surface area (Å²) < 4.78 is 0. The van der Waals surface area contributed by atoms with Crippen LogP contribution in [0.3, 0.4) is 0 Å². The Morgan fingerprint density at radius 2 is 2.11 bits per heavy atom. The average Bonchev–Trinajstić information content (AvgIpc) is 3.28. The van der Waals surface area contributed by atoms with Gasteiger partial charge in [-0.3, -0.25) is 9.88 Å². The molecule has 3 rings (SSSR count). The molecule has 0 spiro atoms. The first-order chi connectivity index (χ1) is 8.92. The number of hydrogen-bond donors (Lipinski definition) is 1. The van der Waals surface area contributed by atoms with Crippen LogP contribution in [0.2, 0.25) is 0 Å². The summed E-state index contributed by atoms with van der Waals surface area (Å²) in [5.41, 5.74) is 1.14. The molecule has 1 heterocycles. The molecule has 0 radical (unpaired) electrons. The van der Waals surface area contributed by atoms with Gasteiger partial charge in [-0.15, -0.1) is 0 Å². The molecule has 0 aliphatic heterocycles. The smallest absolute Gasteiger partial charge is 0.0541 e. The molecule has 0 amide bonds. The van der Waals surface area contributed by atoms with Crippen molar-refractivity contribution in [1.29, 1.82) is 0 Å². The standard InChI is InChI=1S/C15H23N3/c1-2-8-17-14(3-1)11-16-9-10-18(15-6-7-15)12-13-4-5-13/h1-3,8,13,15-16H,4-7,9-12H2. The monoisotopic (exact) mass is 245 g/mol. The molecule has 0 saturated heterocycles. The van der Waals surface area contributed by atoms with Crippen LogP contribution in [0.15, 0.2) is 24.4 Å². The molecule has 3 nitrogen and oxygen atoms in total. The van der Waals surface area contributed by atoms with Gasteiger partial charge < -0.3 is 5.32 Å². The van der Waals surface area contributed by atoms with E-state index in [0.29, 0.717) is 0 Å². The molecule has 2 aliphatic carbocycles. The fraction of sp³-hybridized carbons (Fsp3) is 0.667. The maximum absolute atomic E-state index is 4.33. The van der Waals surface area contributed by atoms with E-state index in [1.54, 1.807) is 0 Å². The van der Waals surface area contributed by atoms with E-state index in [9.17, 15) is 0 Å². The van der Waals surface area contributed by atoms with Crippen molar-refractivity contribution in [2.45, 2.75) is 38.3 Å². The Morgan fingerprint density at radius 3 is 2.78 bits per heavy atom. The first-order valence-electron chi connectivity index (χ1n) is 7.26. The first-order valence-corrected chi connectivity index (χ1v) is 7.26. The Hall–Kier alpha value is -0.930. The molecule has 0 atom stereocenters. The summed E-state index contributed by atoms with van der Waals surface area (Å²) in [6.45, 7) is 4.52. The molecule has 1 N–H and O–H groups in total. The van der Waals surface area contributed by atoms with Crippen LogP contribution in [0.25, 0.3) is 0 Å². The SMILES string of the molecule is c1ccc(CNCCN(CC2CC2)C2CC2)nc1. The quantitative estimate of drug-likeness (QED) is 0.710. The van der Waals surface area contributed by atoms with Crippen molar-refractivity contribution >= 4 is 0 Å². The van der Waals surface area contributed by atoms with Crippen molar-refractivity contribution in [2.75, 3.05) is 19.6 Å². The van der Waals surface area contributed by atoms with Gasteiger partial charge in [0, 0.05) is 38.4 Å². The van der Waals surface area contributed by atoms with Crippen molar-refractivity contribution in [3.05, 3.63) is 30.1 Å². The summed E-state index contributed by atoms with van der Waals surface area (Å²) in [6.07, 6.45) is 7.63. The van der Waals surface area contributed by atoms with Crippen molar-refractivity contribution in [3.8, 4) is 0 Å². The van der Waals surface area contributed by atoms with Crippen molar-refractivity contribution < 1.29 is 0 Å². The normalized spacial score (nSPS) is 19.4. The molecule has 0 unspecified atom stereocenters. The Morgan fingerprint density at radius 1 is 1.22 bits per heavy atom. The lowest BCUT2D eigenvalue weighted by molar-refractivity contribution is 0.252. The predicted molar refractivity (Wildman–Crippen MR) is 73.3 cm³/mol. The predicted octanol–water partition coefficient (Wildman–Crippen LogP) is 2.05. The van der Waals surface area contributed by atoms with Crippen LogP contribution in [0.4, 0.5) is 0 Å². The fourth-order valence-corrected chi connectivity index (χ4v) is 2.44. The second-order valence-electron chi connectivity index (χ2n) is 5.67. The molecule has 2 saturated carbocycles. The van der Waals surface area contributed by atoms with Gasteiger partial charge in [-0.25, -0.2) is 0 Å². The third-order valence-electron chi connectivity index (χ3n) is 3.86. The summed E-state index contributed by atoms with van der Waals surface area (Å²) in [7, 11) is 0. The lowest BCUT2D eigenvalue weighted by Gasteiger charge is -2.21. The highest BCUT2D eigenvalue weighted by Gasteiger charge is 2.32. The van der Waals surface area contributed by atoms with Gasteiger partial charge >= 0.3 is 0 Å². The van der Waals surface area contributed by atoms with Crippen LogP contribution in [0, 0.1) is 5.92 Å². The highest BCUT2D eigenvalue weighted by molar-refractivity contribution is 5.02. The highest BCUT2D eigenvalue weighted by Crippen LogP contribution is 2.34. The Balaban J connectivity index is 1.35. The Bertz CT molecular complexity index is 357. The minimum atomic E-state index is 0.892. The molecule has 18 heavy (non-hydrogen) atoms. The van der Waals surface area contributed by atoms with Gasteiger partial charge in [0.15, 0.2) is 0 Å². The van der Waals surface area contributed by atoms with Crippen molar-refractivity contribution in [2.24, 2.45) is 5.92 Å². The first kappa shape index (κ1) is 12.1. The Labute approximate surface area is 110 Å². The molecular weight excluding hydrogens is 222 g/mol. The van der Waals surface area contributed by atoms with Gasteiger partial charge in [0.05, 0.1) is 5.69 Å². The molecule has 2 fully saturated rings. The van der Waals surface area contributed by atoms with E-state index in [0.717, 1.165) is 30.7 Å². The topological polar surface area (TPSA) is 28.2 Å². The van der Waals surface area contributed by atoms with E-state index in [2.05, 4.69) is 21.3 Å². The van der Waals surface area contributed by atoms with Crippen LogP contribution in [0.1, 0.15) is 31.4 Å². The van der Waals surface area contributed by atoms with Crippen LogP contribution in [-0.2, 0) is 6.54 Å². The van der Waals surface area contributed by atoms with E-state index in [1.165, 1.54) is 38.8 Å². The largest absolute Gasteiger partial charge is 0.310 e. The van der Waals surface area contributed by atoms with E-state index in [1.807, 2.05) is 18.3 Å². The summed E-state index contributed by atoms with van der Waals surface area (Å²) in [5, 5.41) is 3.50. The summed E-state index contributed by atoms with van der Waals surface area (Å²) >= 11 is 0. The van der Waals surface area contributed by atoms with Gasteiger partial charge in [0.1, 0.15) is 0 Å². The molecule has 2 aliphatic rings. The lowest BCUT2D eigenvalue weighted by Crippen LogP contribution is -2.35. The summed E-state index contributed by atoms with van der Waals surface area (Å²) in [4.78, 5) is 7.02.